The smallest absolute Gasteiger partial charge is 0.410 e. The Morgan fingerprint density at radius 1 is 1.45 bits per heavy atom. The molecule has 0 bridgehead atoms. The summed E-state index contributed by atoms with van der Waals surface area (Å²) in [4.78, 5) is 27.0. The van der Waals surface area contributed by atoms with Crippen LogP contribution in [0.2, 0.25) is 0 Å². The van der Waals surface area contributed by atoms with Crippen LogP contribution in [-0.4, -0.2) is 60.1 Å². The molecule has 1 unspecified atom stereocenters. The first-order valence-electron chi connectivity index (χ1n) is 7.08. The standard InChI is InChI=1S/C14H27N3O3/c1-10(15)12(18)17-7-6-11(9-17)8-16(5)13(19)20-14(2,3)4/h10-11H,6-9,15H2,1-5H3/t10-,11?/m0/s1. The van der Waals surface area contributed by atoms with Crippen LogP contribution in [0.1, 0.15) is 34.1 Å². The van der Waals surface area contributed by atoms with Gasteiger partial charge in [0.05, 0.1) is 6.04 Å². The Bertz CT molecular complexity index is 363. The highest BCUT2D eigenvalue weighted by molar-refractivity contribution is 5.81. The molecule has 1 saturated heterocycles. The van der Waals surface area contributed by atoms with Gasteiger partial charge in [0.15, 0.2) is 0 Å². The van der Waals surface area contributed by atoms with Crippen molar-refractivity contribution in [1.82, 2.24) is 9.80 Å². The predicted molar refractivity (Wildman–Crippen MR) is 77.2 cm³/mol. The van der Waals surface area contributed by atoms with Gasteiger partial charge in [-0.3, -0.25) is 4.79 Å². The van der Waals surface area contributed by atoms with Crippen LogP contribution >= 0.6 is 0 Å². The molecule has 0 radical (unpaired) electrons. The van der Waals surface area contributed by atoms with E-state index < -0.39 is 11.6 Å². The molecule has 0 saturated carbocycles. The van der Waals surface area contributed by atoms with Crippen molar-refractivity contribution in [3.05, 3.63) is 0 Å². The molecule has 1 aliphatic rings. The van der Waals surface area contributed by atoms with Gasteiger partial charge < -0.3 is 20.3 Å². The lowest BCUT2D eigenvalue weighted by Gasteiger charge is -2.26. The lowest BCUT2D eigenvalue weighted by atomic mass is 10.1. The lowest BCUT2D eigenvalue weighted by Crippen LogP contribution is -2.42. The normalized spacial score (nSPS) is 20.7. The quantitative estimate of drug-likeness (QED) is 0.841. The van der Waals surface area contributed by atoms with Crippen molar-refractivity contribution in [1.29, 1.82) is 0 Å². The molecular formula is C14H27N3O3. The van der Waals surface area contributed by atoms with Crippen LogP contribution in [0.15, 0.2) is 0 Å². The van der Waals surface area contributed by atoms with E-state index in [1.165, 1.54) is 0 Å². The molecule has 2 atom stereocenters. The number of hydrogen-bond donors (Lipinski definition) is 1. The van der Waals surface area contributed by atoms with Crippen LogP contribution in [0.4, 0.5) is 4.79 Å². The Labute approximate surface area is 121 Å². The van der Waals surface area contributed by atoms with Crippen molar-refractivity contribution < 1.29 is 14.3 Å². The average molecular weight is 285 g/mol. The van der Waals surface area contributed by atoms with Crippen molar-refractivity contribution in [3.8, 4) is 0 Å². The van der Waals surface area contributed by atoms with E-state index in [1.807, 2.05) is 20.8 Å². The van der Waals surface area contributed by atoms with E-state index in [0.29, 0.717) is 19.6 Å². The summed E-state index contributed by atoms with van der Waals surface area (Å²) in [5.74, 6) is 0.266. The molecule has 1 heterocycles. The van der Waals surface area contributed by atoms with E-state index in [4.69, 9.17) is 10.5 Å². The van der Waals surface area contributed by atoms with Crippen LogP contribution in [0.3, 0.4) is 0 Å². The van der Waals surface area contributed by atoms with Crippen molar-refractivity contribution >= 4 is 12.0 Å². The third-order valence-corrected chi connectivity index (χ3v) is 3.22. The van der Waals surface area contributed by atoms with Gasteiger partial charge in [-0.1, -0.05) is 0 Å². The highest BCUT2D eigenvalue weighted by Crippen LogP contribution is 2.19. The van der Waals surface area contributed by atoms with E-state index in [2.05, 4.69) is 0 Å². The topological polar surface area (TPSA) is 75.9 Å². The third-order valence-electron chi connectivity index (χ3n) is 3.22. The van der Waals surface area contributed by atoms with E-state index >= 15 is 0 Å². The molecule has 1 aliphatic heterocycles. The largest absolute Gasteiger partial charge is 0.444 e. The van der Waals surface area contributed by atoms with Crippen LogP contribution in [0, 0.1) is 5.92 Å². The zero-order valence-corrected chi connectivity index (χ0v) is 13.2. The van der Waals surface area contributed by atoms with Crippen LogP contribution in [0.5, 0.6) is 0 Å². The van der Waals surface area contributed by atoms with E-state index in [0.717, 1.165) is 6.42 Å². The molecule has 20 heavy (non-hydrogen) atoms. The minimum atomic E-state index is -0.488. The molecule has 1 fully saturated rings. The van der Waals surface area contributed by atoms with E-state index in [-0.39, 0.29) is 17.9 Å². The molecule has 0 aromatic carbocycles. The molecule has 6 heteroatoms. The zero-order valence-electron chi connectivity index (χ0n) is 13.2. The summed E-state index contributed by atoms with van der Waals surface area (Å²) in [5, 5.41) is 0. The Hall–Kier alpha value is -1.30. The summed E-state index contributed by atoms with van der Waals surface area (Å²) in [6.45, 7) is 9.20. The molecule has 0 spiro atoms. The summed E-state index contributed by atoms with van der Waals surface area (Å²) in [7, 11) is 1.73. The molecule has 1 rings (SSSR count). The summed E-state index contributed by atoms with van der Waals surface area (Å²) >= 11 is 0. The second kappa shape index (κ2) is 6.43. The highest BCUT2D eigenvalue weighted by Gasteiger charge is 2.30. The Balaban J connectivity index is 2.43. The number of nitrogens with two attached hydrogens (primary N) is 1. The van der Waals surface area contributed by atoms with Gasteiger partial charge in [0.25, 0.3) is 0 Å². The van der Waals surface area contributed by atoms with Gasteiger partial charge in [-0.05, 0) is 40.0 Å². The Morgan fingerprint density at radius 3 is 2.55 bits per heavy atom. The van der Waals surface area contributed by atoms with Gasteiger partial charge in [0, 0.05) is 26.7 Å². The fourth-order valence-corrected chi connectivity index (χ4v) is 2.27. The number of likely N-dealkylation sites (tertiary alicyclic amines) is 1. The molecular weight excluding hydrogens is 258 g/mol. The SMILES string of the molecule is C[C@H](N)C(=O)N1CCC(CN(C)C(=O)OC(C)(C)C)C1. The van der Waals surface area contributed by atoms with Crippen LogP contribution in [0.25, 0.3) is 0 Å². The van der Waals surface area contributed by atoms with Gasteiger partial charge in [-0.25, -0.2) is 4.79 Å². The summed E-state index contributed by atoms with van der Waals surface area (Å²) in [5.41, 5.74) is 5.12. The number of amides is 2. The second-order valence-corrected chi connectivity index (χ2v) is 6.59. The molecule has 2 N–H and O–H groups in total. The Kier molecular flexibility index (Phi) is 5.39. The fraction of sp³-hybridized carbons (Fsp3) is 0.857. The van der Waals surface area contributed by atoms with Crippen molar-refractivity contribution in [3.63, 3.8) is 0 Å². The van der Waals surface area contributed by atoms with Gasteiger partial charge in [-0.2, -0.15) is 0 Å². The number of carbonyl (C=O) groups is 2. The summed E-state index contributed by atoms with van der Waals surface area (Å²) < 4.78 is 5.31. The fourth-order valence-electron chi connectivity index (χ4n) is 2.27. The first-order chi connectivity index (χ1) is 9.10. The molecule has 6 nitrogen and oxygen atoms in total. The maximum absolute atomic E-state index is 11.9. The van der Waals surface area contributed by atoms with Gasteiger partial charge in [0.1, 0.15) is 5.60 Å². The molecule has 0 aromatic rings. The average Bonchev–Trinajstić information content (AvgIpc) is 2.73. The predicted octanol–water partition coefficient (Wildman–Crippen LogP) is 1.05. The number of nitrogens with zero attached hydrogens (tertiary/aromatic N) is 2. The number of ether oxygens (including phenoxy) is 1. The molecule has 2 amide bonds. The maximum Gasteiger partial charge on any atom is 0.410 e. The Morgan fingerprint density at radius 2 is 2.05 bits per heavy atom. The van der Waals surface area contributed by atoms with Crippen LogP contribution < -0.4 is 5.73 Å². The van der Waals surface area contributed by atoms with Gasteiger partial charge >= 0.3 is 6.09 Å². The first kappa shape index (κ1) is 16.8. The van der Waals surface area contributed by atoms with E-state index in [9.17, 15) is 9.59 Å². The zero-order chi connectivity index (χ0) is 15.5. The monoisotopic (exact) mass is 285 g/mol. The minimum absolute atomic E-state index is 0.0209. The minimum Gasteiger partial charge on any atom is -0.444 e. The highest BCUT2D eigenvalue weighted by atomic mass is 16.6. The third kappa shape index (κ3) is 5.00. The summed E-state index contributed by atoms with van der Waals surface area (Å²) in [6, 6.07) is -0.461. The lowest BCUT2D eigenvalue weighted by molar-refractivity contribution is -0.131. The molecule has 0 aliphatic carbocycles. The number of rotatable bonds is 3. The number of carbonyl (C=O) groups excluding carboxylic acids is 2. The molecule has 0 aromatic heterocycles. The van der Waals surface area contributed by atoms with Gasteiger partial charge in [0.2, 0.25) is 5.91 Å². The first-order valence-corrected chi connectivity index (χ1v) is 7.08. The van der Waals surface area contributed by atoms with Crippen molar-refractivity contribution in [2.24, 2.45) is 11.7 Å². The van der Waals surface area contributed by atoms with Crippen molar-refractivity contribution in [2.75, 3.05) is 26.7 Å². The van der Waals surface area contributed by atoms with Crippen LogP contribution in [-0.2, 0) is 9.53 Å². The summed E-state index contributed by atoms with van der Waals surface area (Å²) in [6.07, 6.45) is 0.570. The van der Waals surface area contributed by atoms with Gasteiger partial charge in [-0.15, -0.1) is 0 Å². The van der Waals surface area contributed by atoms with Crippen molar-refractivity contribution in [2.45, 2.75) is 45.8 Å². The van der Waals surface area contributed by atoms with E-state index in [1.54, 1.807) is 23.8 Å². The number of hydrogen-bond acceptors (Lipinski definition) is 4. The second-order valence-electron chi connectivity index (χ2n) is 6.59. The molecule has 116 valence electrons. The maximum atomic E-state index is 11.9.